The van der Waals surface area contributed by atoms with Crippen LogP contribution in [0.2, 0.25) is 0 Å². The summed E-state index contributed by atoms with van der Waals surface area (Å²) in [4.78, 5) is 15.3. The zero-order chi connectivity index (χ0) is 40.4. The minimum atomic E-state index is -0.186. The fourth-order valence-electron chi connectivity index (χ4n) is 9.02. The number of hydrogen-bond acceptors (Lipinski definition) is 6. The van der Waals surface area contributed by atoms with Crippen molar-refractivity contribution in [2.24, 2.45) is 0 Å². The maximum absolute atomic E-state index is 12.8. The van der Waals surface area contributed by atoms with Gasteiger partial charge in [0.05, 0.1) is 5.41 Å². The topological polar surface area (TPSA) is 86.9 Å². The maximum Gasteiger partial charge on any atom is 0.220 e. The van der Waals surface area contributed by atoms with E-state index in [0.29, 0.717) is 24.6 Å². The molecule has 1 amide bonds. The molecule has 5 aromatic carbocycles. The molecule has 0 radical (unpaired) electrons. The molecule has 0 unspecified atom stereocenters. The van der Waals surface area contributed by atoms with E-state index in [2.05, 4.69) is 173 Å². The highest BCUT2D eigenvalue weighted by atomic mass is 16.1. The smallest absolute Gasteiger partial charge is 0.220 e. The minimum absolute atomic E-state index is 0.0693. The Balaban J connectivity index is 0.921. The Bertz CT molecular complexity index is 2630. The number of hydrogen-bond donors (Lipinski definition) is 1. The standard InChI is InChI=1S/C50H51N7O/c1-34-52-54-48(55-53-34)38-26-24-35(25-27-38)33-51-45(58)23-11-8-16-32-57-42-31-29-37-18-13-15-20-40(37)47(42)50(4,5)44(57)22-10-7-9-21-43-49(2,3)46-39-19-14-12-17-36(39)28-30-41(46)56(43)6/h7,9-10,12-15,17-22,24-31H,8,11,16,23,32-33H2,1-6H3/p+1. The summed E-state index contributed by atoms with van der Waals surface area (Å²) in [7, 11) is 2.18. The van der Waals surface area contributed by atoms with E-state index in [-0.39, 0.29) is 16.7 Å². The molecule has 0 spiro atoms. The molecule has 58 heavy (non-hydrogen) atoms. The summed E-state index contributed by atoms with van der Waals surface area (Å²) < 4.78 is 2.34. The number of fused-ring (bicyclic) bond motifs is 6. The van der Waals surface area contributed by atoms with Gasteiger partial charge in [-0.15, -0.1) is 20.4 Å². The number of carbonyl (C=O) groups excluding carboxylic acids is 1. The van der Waals surface area contributed by atoms with Crippen molar-refractivity contribution in [1.29, 1.82) is 0 Å². The first-order chi connectivity index (χ1) is 28.0. The quantitative estimate of drug-likeness (QED) is 0.0758. The Morgan fingerprint density at radius 1 is 0.724 bits per heavy atom. The summed E-state index contributed by atoms with van der Waals surface area (Å²) in [5, 5.41) is 24.4. The van der Waals surface area contributed by atoms with Crippen LogP contribution in [0.3, 0.4) is 0 Å². The van der Waals surface area contributed by atoms with E-state index in [1.165, 1.54) is 55.5 Å². The van der Waals surface area contributed by atoms with Crippen LogP contribution in [0.15, 0.2) is 133 Å². The van der Waals surface area contributed by atoms with Crippen LogP contribution in [0.4, 0.5) is 11.4 Å². The molecule has 1 N–H and O–H groups in total. The van der Waals surface area contributed by atoms with Crippen LogP contribution in [0.1, 0.15) is 75.9 Å². The van der Waals surface area contributed by atoms with Crippen molar-refractivity contribution in [1.82, 2.24) is 25.7 Å². The van der Waals surface area contributed by atoms with Crippen LogP contribution < -0.4 is 10.2 Å². The molecule has 0 atom stereocenters. The van der Waals surface area contributed by atoms with E-state index in [0.717, 1.165) is 36.9 Å². The molecule has 8 rings (SSSR count). The molecular weight excluding hydrogens is 715 g/mol. The molecule has 2 aliphatic heterocycles. The van der Waals surface area contributed by atoms with E-state index in [9.17, 15) is 4.79 Å². The molecule has 0 saturated carbocycles. The molecule has 0 bridgehead atoms. The third-order valence-corrected chi connectivity index (χ3v) is 11.9. The van der Waals surface area contributed by atoms with Crippen LogP contribution in [-0.2, 0) is 22.2 Å². The predicted octanol–water partition coefficient (Wildman–Crippen LogP) is 10.2. The lowest BCUT2D eigenvalue weighted by Gasteiger charge is -2.27. The number of allylic oxidation sites excluding steroid dienone is 6. The zero-order valence-corrected chi connectivity index (χ0v) is 34.5. The lowest BCUT2D eigenvalue weighted by Crippen LogP contribution is -2.27. The van der Waals surface area contributed by atoms with Crippen LogP contribution >= 0.6 is 0 Å². The lowest BCUT2D eigenvalue weighted by atomic mass is 9.79. The van der Waals surface area contributed by atoms with E-state index in [1.807, 2.05) is 24.3 Å². The van der Waals surface area contributed by atoms with E-state index in [1.54, 1.807) is 6.92 Å². The second-order valence-electron chi connectivity index (χ2n) is 16.6. The Morgan fingerprint density at radius 2 is 1.40 bits per heavy atom. The molecule has 0 saturated heterocycles. The van der Waals surface area contributed by atoms with Gasteiger partial charge in [-0.3, -0.25) is 4.79 Å². The Labute approximate surface area is 341 Å². The lowest BCUT2D eigenvalue weighted by molar-refractivity contribution is -0.401. The summed E-state index contributed by atoms with van der Waals surface area (Å²) in [5.74, 6) is 1.09. The number of carbonyl (C=O) groups is 1. The highest BCUT2D eigenvalue weighted by Gasteiger charge is 2.44. The van der Waals surface area contributed by atoms with Crippen molar-refractivity contribution in [3.05, 3.63) is 156 Å². The molecule has 6 aromatic rings. The largest absolute Gasteiger partial charge is 0.352 e. The third-order valence-electron chi connectivity index (χ3n) is 11.9. The van der Waals surface area contributed by atoms with Gasteiger partial charge in [-0.2, -0.15) is 4.58 Å². The van der Waals surface area contributed by atoms with Crippen LogP contribution in [-0.4, -0.2) is 50.2 Å². The van der Waals surface area contributed by atoms with Gasteiger partial charge in [-0.25, -0.2) is 0 Å². The number of nitrogens with zero attached hydrogens (tertiary/aromatic N) is 6. The van der Waals surface area contributed by atoms with Crippen molar-refractivity contribution < 1.29 is 9.37 Å². The van der Waals surface area contributed by atoms with Crippen LogP contribution in [0, 0.1) is 6.92 Å². The SMILES string of the molecule is Cc1nnc(-c2ccc(CNC(=O)CCCCCN3/C(=C/C=C/C=C/C4=[N+](C)c5ccc6ccccc6c5C4(C)C)C(C)(C)c4c3ccc3ccccc43)cc2)nn1. The van der Waals surface area contributed by atoms with Gasteiger partial charge in [-0.05, 0) is 84.5 Å². The monoisotopic (exact) mass is 766 g/mol. The van der Waals surface area contributed by atoms with Gasteiger partial charge >= 0.3 is 0 Å². The molecule has 8 nitrogen and oxygen atoms in total. The van der Waals surface area contributed by atoms with Gasteiger partial charge < -0.3 is 10.2 Å². The fraction of sp³-hybridized carbons (Fsp3) is 0.280. The van der Waals surface area contributed by atoms with Gasteiger partial charge in [0.25, 0.3) is 0 Å². The Kier molecular flexibility index (Phi) is 10.6. The summed E-state index contributed by atoms with van der Waals surface area (Å²) in [5.41, 5.74) is 9.44. The highest BCUT2D eigenvalue weighted by molar-refractivity contribution is 6.07. The number of aromatic nitrogens is 4. The number of unbranched alkanes of at least 4 members (excludes halogenated alkanes) is 2. The van der Waals surface area contributed by atoms with Gasteiger partial charge in [0.2, 0.25) is 17.4 Å². The molecule has 0 fully saturated rings. The minimum Gasteiger partial charge on any atom is -0.352 e. The van der Waals surface area contributed by atoms with Gasteiger partial charge in [0.15, 0.2) is 11.5 Å². The van der Waals surface area contributed by atoms with Gasteiger partial charge in [0, 0.05) is 59.6 Å². The van der Waals surface area contributed by atoms with Crippen LogP contribution in [0.25, 0.3) is 32.9 Å². The summed E-state index contributed by atoms with van der Waals surface area (Å²) in [6.07, 6.45) is 14.4. The van der Waals surface area contributed by atoms with Crippen molar-refractivity contribution >= 4 is 44.5 Å². The summed E-state index contributed by atoms with van der Waals surface area (Å²) in [6.45, 7) is 12.5. The normalized spacial score (nSPS) is 16.3. The van der Waals surface area contributed by atoms with E-state index < -0.39 is 0 Å². The highest BCUT2D eigenvalue weighted by Crippen LogP contribution is 2.51. The molecule has 1 aromatic heterocycles. The molecule has 0 aliphatic carbocycles. The Hall–Kier alpha value is -6.28. The fourth-order valence-corrected chi connectivity index (χ4v) is 9.02. The average Bonchev–Trinajstić information content (AvgIpc) is 3.57. The number of rotatable bonds is 12. The third kappa shape index (κ3) is 7.35. The Morgan fingerprint density at radius 3 is 2.12 bits per heavy atom. The van der Waals surface area contributed by atoms with Gasteiger partial charge in [-0.1, -0.05) is 117 Å². The van der Waals surface area contributed by atoms with Crippen molar-refractivity contribution in [2.45, 2.75) is 77.7 Å². The number of benzene rings is 5. The molecule has 2 aliphatic rings. The maximum atomic E-state index is 12.8. The average molecular weight is 767 g/mol. The zero-order valence-electron chi connectivity index (χ0n) is 34.5. The predicted molar refractivity (Wildman–Crippen MR) is 237 cm³/mol. The van der Waals surface area contributed by atoms with E-state index in [4.69, 9.17) is 0 Å². The van der Waals surface area contributed by atoms with Crippen molar-refractivity contribution in [3.8, 4) is 11.4 Å². The molecule has 292 valence electrons. The number of amides is 1. The first-order valence-corrected chi connectivity index (χ1v) is 20.4. The summed E-state index contributed by atoms with van der Waals surface area (Å²) in [6, 6.07) is 34.3. The first-order valence-electron chi connectivity index (χ1n) is 20.4. The number of anilines is 1. The van der Waals surface area contributed by atoms with E-state index >= 15 is 0 Å². The van der Waals surface area contributed by atoms with Crippen LogP contribution in [0.5, 0.6) is 0 Å². The summed E-state index contributed by atoms with van der Waals surface area (Å²) >= 11 is 0. The first kappa shape index (κ1) is 38.6. The molecular formula is C50H52N7O+. The number of nitrogens with one attached hydrogen (secondary N) is 1. The second kappa shape index (κ2) is 15.9. The second-order valence-corrected chi connectivity index (χ2v) is 16.6. The van der Waals surface area contributed by atoms with Crippen molar-refractivity contribution in [2.75, 3.05) is 18.5 Å². The van der Waals surface area contributed by atoms with Gasteiger partial charge in [0.1, 0.15) is 7.05 Å². The molecule has 8 heteroatoms. The molecule has 3 heterocycles. The number of aryl methyl sites for hydroxylation is 1. The van der Waals surface area contributed by atoms with Crippen molar-refractivity contribution in [3.63, 3.8) is 0 Å².